The van der Waals surface area contributed by atoms with Crippen LogP contribution in [0.3, 0.4) is 0 Å². The molecule has 0 aliphatic heterocycles. The van der Waals surface area contributed by atoms with Crippen molar-refractivity contribution in [2.24, 2.45) is 23.2 Å². The number of rotatable bonds is 11. The molecule has 1 aromatic heterocycles. The first-order valence-corrected chi connectivity index (χ1v) is 11.6. The lowest BCUT2D eigenvalue weighted by Crippen LogP contribution is -2.35. The quantitative estimate of drug-likeness (QED) is 0.492. The van der Waals surface area contributed by atoms with Crippen LogP contribution in [0.4, 0.5) is 0 Å². The summed E-state index contributed by atoms with van der Waals surface area (Å²) in [6.07, 6.45) is 9.71. The summed E-state index contributed by atoms with van der Waals surface area (Å²) in [6.45, 7) is 11.1. The van der Waals surface area contributed by atoms with Crippen molar-refractivity contribution in [2.45, 2.75) is 72.8 Å². The smallest absolute Gasteiger partial charge is 0.258 e. The van der Waals surface area contributed by atoms with Crippen molar-refractivity contribution in [2.75, 3.05) is 19.8 Å². The predicted molar refractivity (Wildman–Crippen MR) is 123 cm³/mol. The summed E-state index contributed by atoms with van der Waals surface area (Å²) < 4.78 is 7.49. The fraction of sp³-hybridized carbons (Fsp3) is 0.750. The van der Waals surface area contributed by atoms with Gasteiger partial charge in [-0.2, -0.15) is 5.10 Å². The van der Waals surface area contributed by atoms with Crippen molar-refractivity contribution in [1.82, 2.24) is 15.1 Å². The lowest BCUT2D eigenvalue weighted by atomic mass is 9.78. The van der Waals surface area contributed by atoms with Crippen LogP contribution >= 0.6 is 0 Å². The molecule has 31 heavy (non-hydrogen) atoms. The zero-order valence-electron chi connectivity index (χ0n) is 19.8. The number of ether oxygens (including phenoxy) is 1. The van der Waals surface area contributed by atoms with Crippen LogP contribution in [-0.4, -0.2) is 51.8 Å². The van der Waals surface area contributed by atoms with E-state index >= 15 is 0 Å². The molecule has 1 heterocycles. The number of hydrogen-bond acceptors (Lipinski definition) is 5. The lowest BCUT2D eigenvalue weighted by Gasteiger charge is -2.32. The number of hydrogen-bond donors (Lipinski definition) is 3. The summed E-state index contributed by atoms with van der Waals surface area (Å²) in [5.41, 5.74) is -0.00542. The number of amides is 1. The molecule has 3 atom stereocenters. The highest BCUT2D eigenvalue weighted by atomic mass is 16.5. The van der Waals surface area contributed by atoms with Gasteiger partial charge in [-0.25, -0.2) is 4.68 Å². The summed E-state index contributed by atoms with van der Waals surface area (Å²) in [7, 11) is 0. The van der Waals surface area contributed by atoms with Gasteiger partial charge >= 0.3 is 0 Å². The number of aliphatic hydroxyl groups excluding tert-OH is 2. The number of aromatic nitrogens is 2. The molecule has 3 N–H and O–H groups in total. The number of nitrogens with zero attached hydrogens (tertiary/aromatic N) is 2. The standard InChI is InChI=1S/C24H41N3O4/c1-6-7-18-10-19(12-20(29)11-18)13-25-22(30)21-14-26-27(9-8-24(4,5)16-28)23(21)31-15-17(2)3/h8-9,14,17-20,28-29H,6-7,10-13,15-16H2,1-5H3,(H,25,30)/b9-8+/t18?,19?,20-/m0/s1. The Morgan fingerprint density at radius 3 is 2.71 bits per heavy atom. The average Bonchev–Trinajstić information content (AvgIpc) is 3.12. The Morgan fingerprint density at radius 2 is 2.06 bits per heavy atom. The van der Waals surface area contributed by atoms with Gasteiger partial charge in [-0.15, -0.1) is 0 Å². The van der Waals surface area contributed by atoms with E-state index in [1.54, 1.807) is 10.9 Å². The third-order valence-electron chi connectivity index (χ3n) is 5.75. The largest absolute Gasteiger partial charge is 0.477 e. The van der Waals surface area contributed by atoms with E-state index in [0.29, 0.717) is 36.4 Å². The van der Waals surface area contributed by atoms with Crippen LogP contribution < -0.4 is 10.1 Å². The molecular formula is C24H41N3O4. The van der Waals surface area contributed by atoms with Gasteiger partial charge in [0.25, 0.3) is 5.91 Å². The molecule has 1 aliphatic carbocycles. The van der Waals surface area contributed by atoms with Crippen molar-refractivity contribution in [3.05, 3.63) is 17.8 Å². The van der Waals surface area contributed by atoms with Crippen molar-refractivity contribution >= 4 is 12.1 Å². The molecule has 0 aromatic carbocycles. The van der Waals surface area contributed by atoms with Crippen molar-refractivity contribution in [3.63, 3.8) is 0 Å². The summed E-state index contributed by atoms with van der Waals surface area (Å²) in [5, 5.41) is 27.0. The van der Waals surface area contributed by atoms with E-state index in [1.165, 1.54) is 6.20 Å². The lowest BCUT2D eigenvalue weighted by molar-refractivity contribution is 0.0642. The fourth-order valence-corrected chi connectivity index (χ4v) is 4.00. The number of carbonyl (C=O) groups is 1. The minimum atomic E-state index is -0.402. The van der Waals surface area contributed by atoms with Crippen molar-refractivity contribution in [1.29, 1.82) is 0 Å². The maximum Gasteiger partial charge on any atom is 0.258 e. The molecule has 1 fully saturated rings. The molecule has 0 radical (unpaired) electrons. The molecule has 1 saturated carbocycles. The molecule has 0 saturated heterocycles. The fourth-order valence-electron chi connectivity index (χ4n) is 4.00. The van der Waals surface area contributed by atoms with Crippen molar-refractivity contribution < 1.29 is 19.7 Å². The normalized spacial score (nSPS) is 22.3. The molecule has 7 nitrogen and oxygen atoms in total. The number of aliphatic hydroxyl groups is 2. The Morgan fingerprint density at radius 1 is 1.35 bits per heavy atom. The minimum Gasteiger partial charge on any atom is -0.477 e. The highest BCUT2D eigenvalue weighted by molar-refractivity contribution is 5.96. The van der Waals surface area contributed by atoms with E-state index in [2.05, 4.69) is 17.3 Å². The van der Waals surface area contributed by atoms with Gasteiger partial charge in [0, 0.05) is 18.2 Å². The second-order valence-corrected chi connectivity index (χ2v) is 10.1. The highest BCUT2D eigenvalue weighted by Crippen LogP contribution is 2.32. The molecule has 2 rings (SSSR count). The van der Waals surface area contributed by atoms with Gasteiger partial charge in [-0.05, 0) is 37.0 Å². The summed E-state index contributed by atoms with van der Waals surface area (Å²) in [6, 6.07) is 0. The molecule has 176 valence electrons. The molecule has 1 aromatic rings. The first-order chi connectivity index (χ1) is 14.6. The van der Waals surface area contributed by atoms with E-state index in [4.69, 9.17) is 4.74 Å². The van der Waals surface area contributed by atoms with Crippen LogP contribution in [0.15, 0.2) is 12.3 Å². The molecule has 0 bridgehead atoms. The second-order valence-electron chi connectivity index (χ2n) is 10.1. The van der Waals surface area contributed by atoms with E-state index in [0.717, 1.165) is 32.1 Å². The van der Waals surface area contributed by atoms with Gasteiger partial charge in [-0.1, -0.05) is 53.5 Å². The maximum atomic E-state index is 12.9. The number of carbonyl (C=O) groups excluding carboxylic acids is 1. The van der Waals surface area contributed by atoms with Crippen LogP contribution in [-0.2, 0) is 0 Å². The van der Waals surface area contributed by atoms with E-state index in [1.807, 2.05) is 33.8 Å². The maximum absolute atomic E-state index is 12.9. The zero-order valence-corrected chi connectivity index (χ0v) is 19.8. The topological polar surface area (TPSA) is 96.6 Å². The van der Waals surface area contributed by atoms with E-state index < -0.39 is 5.41 Å². The third kappa shape index (κ3) is 7.96. The Labute approximate surface area is 186 Å². The third-order valence-corrected chi connectivity index (χ3v) is 5.75. The highest BCUT2D eigenvalue weighted by Gasteiger charge is 2.28. The molecular weight excluding hydrogens is 394 g/mol. The number of nitrogens with one attached hydrogen (secondary N) is 1. The van der Waals surface area contributed by atoms with Gasteiger partial charge in [0.05, 0.1) is 25.5 Å². The molecule has 1 amide bonds. The second kappa shape index (κ2) is 11.7. The van der Waals surface area contributed by atoms with Gasteiger partial charge in [-0.3, -0.25) is 4.79 Å². The molecule has 1 aliphatic rings. The van der Waals surface area contributed by atoms with Gasteiger partial charge in [0.15, 0.2) is 0 Å². The zero-order chi connectivity index (χ0) is 23.0. The summed E-state index contributed by atoms with van der Waals surface area (Å²) >= 11 is 0. The van der Waals surface area contributed by atoms with Gasteiger partial charge < -0.3 is 20.3 Å². The monoisotopic (exact) mass is 435 g/mol. The van der Waals surface area contributed by atoms with Crippen LogP contribution in [0.1, 0.15) is 77.1 Å². The van der Waals surface area contributed by atoms with Crippen LogP contribution in [0, 0.1) is 23.2 Å². The minimum absolute atomic E-state index is 0.00651. The van der Waals surface area contributed by atoms with Crippen LogP contribution in [0.25, 0.3) is 6.20 Å². The van der Waals surface area contributed by atoms with Gasteiger partial charge in [0.2, 0.25) is 5.88 Å². The SMILES string of the molecule is CCCC1CC(CNC(=O)c2cnn(/C=C/C(C)(C)CO)c2OCC(C)C)C[C@@H](O)C1. The Balaban J connectivity index is 2.10. The Hall–Kier alpha value is -1.86. The van der Waals surface area contributed by atoms with Crippen LogP contribution in [0.2, 0.25) is 0 Å². The Kier molecular flexibility index (Phi) is 9.56. The van der Waals surface area contributed by atoms with E-state index in [9.17, 15) is 15.0 Å². The molecule has 2 unspecified atom stereocenters. The van der Waals surface area contributed by atoms with Crippen molar-refractivity contribution in [3.8, 4) is 5.88 Å². The first kappa shape index (κ1) is 25.4. The predicted octanol–water partition coefficient (Wildman–Crippen LogP) is 3.71. The molecule has 0 spiro atoms. The van der Waals surface area contributed by atoms with Gasteiger partial charge in [0.1, 0.15) is 5.56 Å². The van der Waals surface area contributed by atoms with Crippen LogP contribution in [0.5, 0.6) is 5.88 Å². The first-order valence-electron chi connectivity index (χ1n) is 11.6. The average molecular weight is 436 g/mol. The molecule has 7 heteroatoms. The van der Waals surface area contributed by atoms with E-state index in [-0.39, 0.29) is 24.5 Å². The summed E-state index contributed by atoms with van der Waals surface area (Å²) in [4.78, 5) is 12.9. The Bertz CT molecular complexity index is 726. The summed E-state index contributed by atoms with van der Waals surface area (Å²) in [5.74, 6) is 1.31.